The van der Waals surface area contributed by atoms with E-state index in [0.717, 1.165) is 51.6 Å². The maximum atomic E-state index is 10.0. The first kappa shape index (κ1) is 13.6. The van der Waals surface area contributed by atoms with Crippen molar-refractivity contribution < 1.29 is 19.4 Å². The van der Waals surface area contributed by atoms with Gasteiger partial charge in [-0.3, -0.25) is 0 Å². The van der Waals surface area contributed by atoms with Crippen LogP contribution in [0, 0.1) is 0 Å². The van der Waals surface area contributed by atoms with E-state index >= 15 is 0 Å². The van der Waals surface area contributed by atoms with Gasteiger partial charge in [-0.1, -0.05) is 0 Å². The van der Waals surface area contributed by atoms with Crippen molar-refractivity contribution in [3.63, 3.8) is 0 Å². The van der Waals surface area contributed by atoms with Gasteiger partial charge in [0, 0.05) is 13.2 Å². The number of aldehydes is 1. The molecule has 4 nitrogen and oxygen atoms in total. The Kier molecular flexibility index (Phi) is 7.38. The predicted molar refractivity (Wildman–Crippen MR) is 60.3 cm³/mol. The van der Waals surface area contributed by atoms with Gasteiger partial charge in [0.1, 0.15) is 12.4 Å². The first-order valence-corrected chi connectivity index (χ1v) is 6.16. The normalized spacial score (nSPS) is 30.1. The first-order valence-electron chi connectivity index (χ1n) is 6.16. The average molecular weight is 230 g/mol. The lowest BCUT2D eigenvalue weighted by atomic mass is 10.1. The second-order valence-electron chi connectivity index (χ2n) is 4.21. The van der Waals surface area contributed by atoms with Crippen LogP contribution in [0.25, 0.3) is 0 Å². The summed E-state index contributed by atoms with van der Waals surface area (Å²) >= 11 is 0. The quantitative estimate of drug-likeness (QED) is 0.726. The van der Waals surface area contributed by atoms with Gasteiger partial charge in [-0.25, -0.2) is 0 Å². The molecule has 0 radical (unpaired) electrons. The number of hydrogen-bond donors (Lipinski definition) is 1. The minimum absolute atomic E-state index is 0.0938. The predicted octanol–water partition coefficient (Wildman–Crippen LogP) is 1.30. The Balaban J connectivity index is 0.000000160. The molecule has 2 heterocycles. The molecule has 4 heteroatoms. The van der Waals surface area contributed by atoms with E-state index in [0.29, 0.717) is 0 Å². The van der Waals surface area contributed by atoms with Crippen molar-refractivity contribution in [1.29, 1.82) is 0 Å². The summed E-state index contributed by atoms with van der Waals surface area (Å²) in [4.78, 5) is 10.0. The van der Waals surface area contributed by atoms with Crippen molar-refractivity contribution in [3.05, 3.63) is 0 Å². The number of rotatable bonds is 2. The molecule has 16 heavy (non-hydrogen) atoms. The van der Waals surface area contributed by atoms with E-state index in [4.69, 9.17) is 14.6 Å². The van der Waals surface area contributed by atoms with Crippen molar-refractivity contribution in [2.45, 2.75) is 50.7 Å². The Morgan fingerprint density at radius 1 is 1.06 bits per heavy atom. The molecule has 0 amide bonds. The van der Waals surface area contributed by atoms with Gasteiger partial charge in [-0.05, 0) is 38.5 Å². The number of carbonyl (C=O) groups is 1. The second kappa shape index (κ2) is 8.67. The fourth-order valence-corrected chi connectivity index (χ4v) is 1.82. The smallest absolute Gasteiger partial charge is 0.148 e. The monoisotopic (exact) mass is 230 g/mol. The SMILES string of the molecule is O=CC1CCCCO1.OCC1CCCCO1. The number of aliphatic hydroxyl groups excluding tert-OH is 1. The van der Waals surface area contributed by atoms with E-state index in [1.807, 2.05) is 0 Å². The maximum Gasteiger partial charge on any atom is 0.148 e. The molecule has 2 atom stereocenters. The number of aliphatic hydroxyl groups is 1. The number of ether oxygens (including phenoxy) is 2. The van der Waals surface area contributed by atoms with Crippen LogP contribution in [0.4, 0.5) is 0 Å². The molecule has 0 bridgehead atoms. The van der Waals surface area contributed by atoms with Crippen LogP contribution in [0.2, 0.25) is 0 Å². The van der Waals surface area contributed by atoms with E-state index in [1.54, 1.807) is 0 Å². The van der Waals surface area contributed by atoms with Crippen molar-refractivity contribution >= 4 is 6.29 Å². The van der Waals surface area contributed by atoms with Crippen LogP contribution in [0.5, 0.6) is 0 Å². The maximum absolute atomic E-state index is 10.0. The molecule has 0 spiro atoms. The minimum atomic E-state index is -0.0938. The van der Waals surface area contributed by atoms with Gasteiger partial charge in [0.15, 0.2) is 0 Å². The number of hydrogen-bond acceptors (Lipinski definition) is 4. The average Bonchev–Trinajstić information content (AvgIpc) is 2.41. The Hall–Kier alpha value is -0.450. The van der Waals surface area contributed by atoms with Crippen LogP contribution in [0.1, 0.15) is 38.5 Å². The van der Waals surface area contributed by atoms with Gasteiger partial charge in [-0.15, -0.1) is 0 Å². The van der Waals surface area contributed by atoms with Crippen LogP contribution < -0.4 is 0 Å². The van der Waals surface area contributed by atoms with Crippen molar-refractivity contribution in [3.8, 4) is 0 Å². The van der Waals surface area contributed by atoms with E-state index in [-0.39, 0.29) is 18.8 Å². The second-order valence-corrected chi connectivity index (χ2v) is 4.21. The lowest BCUT2D eigenvalue weighted by Gasteiger charge is -2.19. The van der Waals surface area contributed by atoms with Crippen LogP contribution in [-0.4, -0.2) is 43.4 Å². The van der Waals surface area contributed by atoms with Crippen LogP contribution in [0.3, 0.4) is 0 Å². The third-order valence-corrected chi connectivity index (χ3v) is 2.84. The molecule has 2 unspecified atom stereocenters. The van der Waals surface area contributed by atoms with Gasteiger partial charge < -0.3 is 19.4 Å². The van der Waals surface area contributed by atoms with Crippen molar-refractivity contribution in [2.75, 3.05) is 19.8 Å². The highest BCUT2D eigenvalue weighted by molar-refractivity contribution is 5.55. The van der Waals surface area contributed by atoms with Gasteiger partial charge in [0.2, 0.25) is 0 Å². The van der Waals surface area contributed by atoms with Gasteiger partial charge in [0.05, 0.1) is 12.7 Å². The highest BCUT2D eigenvalue weighted by Gasteiger charge is 2.11. The third kappa shape index (κ3) is 5.58. The van der Waals surface area contributed by atoms with E-state index in [9.17, 15) is 4.79 Å². The molecule has 2 saturated heterocycles. The molecule has 0 aromatic carbocycles. The molecule has 2 fully saturated rings. The molecule has 2 rings (SSSR count). The highest BCUT2D eigenvalue weighted by Crippen LogP contribution is 2.11. The molecular formula is C12H22O4. The molecule has 2 aliphatic rings. The molecule has 0 aliphatic carbocycles. The van der Waals surface area contributed by atoms with E-state index in [2.05, 4.69) is 0 Å². The Morgan fingerprint density at radius 2 is 1.75 bits per heavy atom. The fraction of sp³-hybridized carbons (Fsp3) is 0.917. The molecule has 94 valence electrons. The van der Waals surface area contributed by atoms with Gasteiger partial charge in [-0.2, -0.15) is 0 Å². The summed E-state index contributed by atoms with van der Waals surface area (Å²) in [5.41, 5.74) is 0. The van der Waals surface area contributed by atoms with Crippen LogP contribution >= 0.6 is 0 Å². The lowest BCUT2D eigenvalue weighted by molar-refractivity contribution is -0.120. The Morgan fingerprint density at radius 3 is 2.06 bits per heavy atom. The number of carbonyl (C=O) groups excluding carboxylic acids is 1. The standard InChI is InChI=1S/C6H12O2.C6H10O2/c2*7-5-6-3-1-2-4-8-6/h6-7H,1-5H2;5-6H,1-4H2. The summed E-state index contributed by atoms with van der Waals surface area (Å²) in [5.74, 6) is 0. The molecule has 0 aromatic rings. The Labute approximate surface area is 96.9 Å². The summed E-state index contributed by atoms with van der Waals surface area (Å²) in [6, 6.07) is 0. The summed E-state index contributed by atoms with van der Waals surface area (Å²) in [5, 5.41) is 8.57. The van der Waals surface area contributed by atoms with Crippen LogP contribution in [-0.2, 0) is 14.3 Å². The molecule has 1 N–H and O–H groups in total. The molecular weight excluding hydrogens is 208 g/mol. The largest absolute Gasteiger partial charge is 0.394 e. The van der Waals surface area contributed by atoms with Gasteiger partial charge >= 0.3 is 0 Å². The summed E-state index contributed by atoms with van der Waals surface area (Å²) in [6.07, 6.45) is 7.53. The summed E-state index contributed by atoms with van der Waals surface area (Å²) < 4.78 is 10.2. The van der Waals surface area contributed by atoms with Crippen molar-refractivity contribution in [2.24, 2.45) is 0 Å². The Bertz CT molecular complexity index is 172. The fourth-order valence-electron chi connectivity index (χ4n) is 1.82. The molecule has 2 aliphatic heterocycles. The highest BCUT2D eigenvalue weighted by atomic mass is 16.5. The van der Waals surface area contributed by atoms with E-state index < -0.39 is 0 Å². The first-order chi connectivity index (χ1) is 7.86. The molecule has 0 saturated carbocycles. The summed E-state index contributed by atoms with van der Waals surface area (Å²) in [6.45, 7) is 1.80. The zero-order valence-electron chi connectivity index (χ0n) is 9.77. The van der Waals surface area contributed by atoms with Gasteiger partial charge in [0.25, 0.3) is 0 Å². The lowest BCUT2D eigenvalue weighted by Crippen LogP contribution is -2.22. The van der Waals surface area contributed by atoms with Crippen LogP contribution in [0.15, 0.2) is 0 Å². The van der Waals surface area contributed by atoms with E-state index in [1.165, 1.54) is 6.42 Å². The zero-order chi connectivity index (χ0) is 11.6. The third-order valence-electron chi connectivity index (χ3n) is 2.84. The topological polar surface area (TPSA) is 55.8 Å². The minimum Gasteiger partial charge on any atom is -0.394 e. The van der Waals surface area contributed by atoms with Crippen molar-refractivity contribution in [1.82, 2.24) is 0 Å². The molecule has 0 aromatic heterocycles. The zero-order valence-corrected chi connectivity index (χ0v) is 9.77. The summed E-state index contributed by atoms with van der Waals surface area (Å²) in [7, 11) is 0.